The Morgan fingerprint density at radius 3 is 2.46 bits per heavy atom. The highest BCUT2D eigenvalue weighted by Crippen LogP contribution is 2.22. The van der Waals surface area contributed by atoms with E-state index in [0.717, 1.165) is 11.5 Å². The van der Waals surface area contributed by atoms with Gasteiger partial charge in [0.25, 0.3) is 0 Å². The molecule has 2 heterocycles. The maximum absolute atomic E-state index is 13.0. The van der Waals surface area contributed by atoms with Crippen LogP contribution in [0.2, 0.25) is 0 Å². The van der Waals surface area contributed by atoms with E-state index in [-0.39, 0.29) is 10.9 Å². The molecule has 1 aliphatic heterocycles. The lowest BCUT2D eigenvalue weighted by Crippen LogP contribution is -2.42. The molecule has 1 N–H and O–H groups in total. The molecule has 1 aromatic carbocycles. The number of hydrogen-bond donors (Lipinski definition) is 1. The molecule has 128 valence electrons. The zero-order valence-electron chi connectivity index (χ0n) is 13.3. The highest BCUT2D eigenvalue weighted by Gasteiger charge is 2.29. The van der Waals surface area contributed by atoms with Crippen molar-refractivity contribution in [1.29, 1.82) is 0 Å². The molecular weight excluding hydrogens is 331 g/mol. The largest absolute Gasteiger partial charge is 0.367 e. The minimum atomic E-state index is -3.57. The second-order valence-corrected chi connectivity index (χ2v) is 7.76. The van der Waals surface area contributed by atoms with Crippen LogP contribution in [0.1, 0.15) is 18.5 Å². The highest BCUT2D eigenvalue weighted by atomic mass is 32.2. The van der Waals surface area contributed by atoms with E-state index in [1.54, 1.807) is 0 Å². The maximum atomic E-state index is 13.0. The smallest absolute Gasteiger partial charge is 0.243 e. The van der Waals surface area contributed by atoms with E-state index in [0.29, 0.717) is 25.9 Å². The normalized spacial score (nSPS) is 16.9. The van der Waals surface area contributed by atoms with Gasteiger partial charge in [-0.2, -0.15) is 4.31 Å². The van der Waals surface area contributed by atoms with Gasteiger partial charge < -0.3 is 5.32 Å². The second kappa shape index (κ2) is 6.82. The lowest BCUT2D eigenvalue weighted by Gasteiger charge is -2.31. The van der Waals surface area contributed by atoms with E-state index in [1.165, 1.54) is 34.9 Å². The first-order chi connectivity index (χ1) is 11.4. The molecule has 0 spiro atoms. The van der Waals surface area contributed by atoms with Gasteiger partial charge in [-0.25, -0.2) is 22.8 Å². The van der Waals surface area contributed by atoms with E-state index >= 15 is 0 Å². The molecule has 1 fully saturated rings. The van der Waals surface area contributed by atoms with Crippen LogP contribution in [0.4, 0.5) is 10.2 Å². The number of nitrogens with zero attached hydrogens (tertiary/aromatic N) is 3. The van der Waals surface area contributed by atoms with Crippen molar-refractivity contribution in [2.24, 2.45) is 0 Å². The zero-order valence-corrected chi connectivity index (χ0v) is 14.1. The summed E-state index contributed by atoms with van der Waals surface area (Å²) in [5.41, 5.74) is 0.879. The van der Waals surface area contributed by atoms with Crippen molar-refractivity contribution in [3.8, 4) is 0 Å². The molecule has 0 amide bonds. The predicted octanol–water partition coefficient (Wildman–Crippen LogP) is 2.19. The van der Waals surface area contributed by atoms with E-state index < -0.39 is 15.8 Å². The van der Waals surface area contributed by atoms with Gasteiger partial charge in [0.15, 0.2) is 0 Å². The van der Waals surface area contributed by atoms with Crippen LogP contribution in [0.5, 0.6) is 0 Å². The van der Waals surface area contributed by atoms with E-state index in [9.17, 15) is 12.8 Å². The third-order valence-electron chi connectivity index (χ3n) is 4.06. The maximum Gasteiger partial charge on any atom is 0.243 e. The molecule has 0 atom stereocenters. The van der Waals surface area contributed by atoms with Gasteiger partial charge in [0.1, 0.15) is 18.0 Å². The van der Waals surface area contributed by atoms with Gasteiger partial charge in [-0.15, -0.1) is 0 Å². The number of rotatable bonds is 4. The standard InChI is InChI=1S/C16H19FN4O2S/c1-12-10-16(19-11-18-12)20-14-6-8-21(9-7-14)24(22,23)15-4-2-13(17)3-5-15/h2-5,10-11,14H,6-9H2,1H3,(H,18,19,20). The van der Waals surface area contributed by atoms with Crippen LogP contribution in [0.25, 0.3) is 0 Å². The fraction of sp³-hybridized carbons (Fsp3) is 0.375. The topological polar surface area (TPSA) is 75.2 Å². The molecule has 1 saturated heterocycles. The van der Waals surface area contributed by atoms with E-state index in [4.69, 9.17) is 0 Å². The van der Waals surface area contributed by atoms with Gasteiger partial charge in [0.05, 0.1) is 4.90 Å². The second-order valence-electron chi connectivity index (χ2n) is 5.82. The number of aryl methyl sites for hydroxylation is 1. The lowest BCUT2D eigenvalue weighted by molar-refractivity contribution is 0.329. The minimum Gasteiger partial charge on any atom is -0.367 e. The fourth-order valence-electron chi connectivity index (χ4n) is 2.74. The molecule has 2 aromatic rings. The Labute approximate surface area is 140 Å². The summed E-state index contributed by atoms with van der Waals surface area (Å²) in [6, 6.07) is 6.97. The predicted molar refractivity (Wildman–Crippen MR) is 88.6 cm³/mol. The summed E-state index contributed by atoms with van der Waals surface area (Å²) in [5.74, 6) is 0.305. The first kappa shape index (κ1) is 16.8. The van der Waals surface area contributed by atoms with Crippen LogP contribution in [-0.4, -0.2) is 41.8 Å². The zero-order chi connectivity index (χ0) is 17.2. The van der Waals surface area contributed by atoms with Gasteiger partial charge in [-0.05, 0) is 44.0 Å². The van der Waals surface area contributed by atoms with Crippen LogP contribution in [0.15, 0.2) is 41.6 Å². The quantitative estimate of drug-likeness (QED) is 0.915. The molecule has 0 radical (unpaired) electrons. The van der Waals surface area contributed by atoms with Crippen molar-refractivity contribution in [2.75, 3.05) is 18.4 Å². The molecule has 0 aliphatic carbocycles. The number of halogens is 1. The monoisotopic (exact) mass is 350 g/mol. The molecule has 1 aromatic heterocycles. The first-order valence-electron chi connectivity index (χ1n) is 7.76. The molecule has 8 heteroatoms. The first-order valence-corrected chi connectivity index (χ1v) is 9.20. The van der Waals surface area contributed by atoms with Crippen molar-refractivity contribution in [1.82, 2.24) is 14.3 Å². The van der Waals surface area contributed by atoms with Crippen LogP contribution < -0.4 is 5.32 Å². The average molecular weight is 350 g/mol. The summed E-state index contributed by atoms with van der Waals surface area (Å²) >= 11 is 0. The Morgan fingerprint density at radius 1 is 1.17 bits per heavy atom. The Balaban J connectivity index is 1.63. The molecular formula is C16H19FN4O2S. The molecule has 3 rings (SSSR count). The number of sulfonamides is 1. The van der Waals surface area contributed by atoms with E-state index in [1.807, 2.05) is 13.0 Å². The summed E-state index contributed by atoms with van der Waals surface area (Å²) in [5, 5.41) is 3.32. The Bertz CT molecular complexity index is 803. The summed E-state index contributed by atoms with van der Waals surface area (Å²) in [6.07, 6.45) is 2.87. The van der Waals surface area contributed by atoms with Crippen LogP contribution >= 0.6 is 0 Å². The molecule has 1 aliphatic rings. The van der Waals surface area contributed by atoms with Crippen molar-refractivity contribution in [2.45, 2.75) is 30.7 Å². The lowest BCUT2D eigenvalue weighted by atomic mass is 10.1. The number of piperidine rings is 1. The molecule has 0 saturated carbocycles. The Hall–Kier alpha value is -2.06. The highest BCUT2D eigenvalue weighted by molar-refractivity contribution is 7.89. The SMILES string of the molecule is Cc1cc(NC2CCN(S(=O)(=O)c3ccc(F)cc3)CC2)ncn1. The third-order valence-corrected chi connectivity index (χ3v) is 5.97. The van der Waals surface area contributed by atoms with Crippen molar-refractivity contribution in [3.05, 3.63) is 48.2 Å². The van der Waals surface area contributed by atoms with Crippen LogP contribution in [-0.2, 0) is 10.0 Å². The minimum absolute atomic E-state index is 0.127. The molecule has 6 nitrogen and oxygen atoms in total. The molecule has 24 heavy (non-hydrogen) atoms. The van der Waals surface area contributed by atoms with Crippen molar-refractivity contribution < 1.29 is 12.8 Å². The Morgan fingerprint density at radius 2 is 1.83 bits per heavy atom. The van der Waals surface area contributed by atoms with Gasteiger partial charge >= 0.3 is 0 Å². The van der Waals surface area contributed by atoms with Gasteiger partial charge in [-0.3, -0.25) is 0 Å². The number of aromatic nitrogens is 2. The van der Waals surface area contributed by atoms with Crippen LogP contribution in [0, 0.1) is 12.7 Å². The molecule has 0 bridgehead atoms. The summed E-state index contributed by atoms with van der Waals surface area (Å²) in [7, 11) is -3.57. The van der Waals surface area contributed by atoms with Crippen molar-refractivity contribution >= 4 is 15.8 Å². The van der Waals surface area contributed by atoms with E-state index in [2.05, 4.69) is 15.3 Å². The number of nitrogens with one attached hydrogen (secondary N) is 1. The summed E-state index contributed by atoms with van der Waals surface area (Å²) in [4.78, 5) is 8.35. The van der Waals surface area contributed by atoms with Gasteiger partial charge in [-0.1, -0.05) is 0 Å². The van der Waals surface area contributed by atoms with Gasteiger partial charge in [0.2, 0.25) is 10.0 Å². The number of benzene rings is 1. The fourth-order valence-corrected chi connectivity index (χ4v) is 4.21. The Kier molecular flexibility index (Phi) is 4.77. The number of anilines is 1. The summed E-state index contributed by atoms with van der Waals surface area (Å²) < 4.78 is 39.6. The van der Waals surface area contributed by atoms with Crippen molar-refractivity contribution in [3.63, 3.8) is 0 Å². The average Bonchev–Trinajstić information content (AvgIpc) is 2.56. The van der Waals surface area contributed by atoms with Crippen LogP contribution in [0.3, 0.4) is 0 Å². The summed E-state index contributed by atoms with van der Waals surface area (Å²) in [6.45, 7) is 2.73. The van der Waals surface area contributed by atoms with Gasteiger partial charge in [0, 0.05) is 30.9 Å². The number of hydrogen-bond acceptors (Lipinski definition) is 5. The molecule has 0 unspecified atom stereocenters. The third kappa shape index (κ3) is 3.70.